The molecule has 1 aromatic heterocycles. The van der Waals surface area contributed by atoms with Gasteiger partial charge < -0.3 is 10.4 Å². The monoisotopic (exact) mass is 225 g/mol. The van der Waals surface area contributed by atoms with E-state index in [-0.39, 0.29) is 17.4 Å². The van der Waals surface area contributed by atoms with Crippen molar-refractivity contribution in [2.75, 3.05) is 5.32 Å². The molecule has 15 heavy (non-hydrogen) atoms. The average molecular weight is 225 g/mol. The van der Waals surface area contributed by atoms with Crippen LogP contribution in [0, 0.1) is 12.8 Å². The number of aromatic carboxylic acids is 1. The first-order chi connectivity index (χ1) is 7.08. The lowest BCUT2D eigenvalue weighted by atomic mass is 10.3. The van der Waals surface area contributed by atoms with Gasteiger partial charge in [0, 0.05) is 10.8 Å². The number of carboxylic acid groups (broad SMARTS) is 1. The molecule has 0 spiro atoms. The molecule has 0 aromatic carbocycles. The van der Waals surface area contributed by atoms with E-state index in [1.165, 1.54) is 11.3 Å². The van der Waals surface area contributed by atoms with Crippen molar-refractivity contribution >= 4 is 28.2 Å². The van der Waals surface area contributed by atoms with Crippen molar-refractivity contribution in [3.05, 3.63) is 16.5 Å². The first-order valence-corrected chi connectivity index (χ1v) is 5.54. The van der Waals surface area contributed by atoms with Crippen molar-refractivity contribution in [3.8, 4) is 0 Å². The minimum atomic E-state index is -0.995. The molecule has 2 N–H and O–H groups in total. The maximum Gasteiger partial charge on any atom is 0.338 e. The maximum absolute atomic E-state index is 11.5. The Morgan fingerprint density at radius 2 is 2.20 bits per heavy atom. The van der Waals surface area contributed by atoms with Crippen molar-refractivity contribution in [3.63, 3.8) is 0 Å². The summed E-state index contributed by atoms with van der Waals surface area (Å²) in [7, 11) is 0. The van der Waals surface area contributed by atoms with E-state index in [9.17, 15) is 9.59 Å². The summed E-state index contributed by atoms with van der Waals surface area (Å²) in [5.74, 6) is -0.959. The zero-order chi connectivity index (χ0) is 11.0. The van der Waals surface area contributed by atoms with E-state index in [4.69, 9.17) is 5.11 Å². The van der Waals surface area contributed by atoms with E-state index >= 15 is 0 Å². The minimum Gasteiger partial charge on any atom is -0.478 e. The molecule has 0 aliphatic heterocycles. The van der Waals surface area contributed by atoms with Crippen LogP contribution in [0.15, 0.2) is 6.07 Å². The standard InChI is InChI=1S/C10H11NO3S/c1-5-4-7(10(13)14)9(15-5)11-8(12)6-2-3-6/h4,6H,2-3H2,1H3,(H,11,12)(H,13,14). The van der Waals surface area contributed by atoms with Crippen LogP contribution in [0.25, 0.3) is 0 Å². The van der Waals surface area contributed by atoms with E-state index in [1.807, 2.05) is 6.92 Å². The number of rotatable bonds is 3. The number of amides is 1. The van der Waals surface area contributed by atoms with Crippen molar-refractivity contribution in [1.82, 2.24) is 0 Å². The van der Waals surface area contributed by atoms with Crippen LogP contribution in [0.4, 0.5) is 5.00 Å². The Balaban J connectivity index is 2.18. The van der Waals surface area contributed by atoms with Crippen LogP contribution in [-0.4, -0.2) is 17.0 Å². The van der Waals surface area contributed by atoms with Gasteiger partial charge in [0.05, 0.1) is 5.56 Å². The number of nitrogens with one attached hydrogen (secondary N) is 1. The van der Waals surface area contributed by atoms with Gasteiger partial charge in [0.25, 0.3) is 0 Å². The maximum atomic E-state index is 11.5. The summed E-state index contributed by atoms with van der Waals surface area (Å²) >= 11 is 1.30. The molecular formula is C10H11NO3S. The number of carbonyl (C=O) groups excluding carboxylic acids is 1. The molecule has 0 unspecified atom stereocenters. The van der Waals surface area contributed by atoms with E-state index in [2.05, 4.69) is 5.32 Å². The molecular weight excluding hydrogens is 214 g/mol. The Morgan fingerprint density at radius 3 is 2.73 bits per heavy atom. The molecule has 1 saturated carbocycles. The molecule has 1 aliphatic rings. The summed E-state index contributed by atoms with van der Waals surface area (Å²) in [6.45, 7) is 1.82. The molecule has 80 valence electrons. The highest BCUT2D eigenvalue weighted by atomic mass is 32.1. The van der Waals surface area contributed by atoms with Crippen molar-refractivity contribution in [1.29, 1.82) is 0 Å². The minimum absolute atomic E-state index is 0.0562. The smallest absolute Gasteiger partial charge is 0.338 e. The Hall–Kier alpha value is -1.36. The summed E-state index contributed by atoms with van der Waals surface area (Å²) in [6, 6.07) is 1.58. The summed E-state index contributed by atoms with van der Waals surface area (Å²) < 4.78 is 0. The fraction of sp³-hybridized carbons (Fsp3) is 0.400. The van der Waals surface area contributed by atoms with Gasteiger partial charge in [-0.1, -0.05) is 0 Å². The molecule has 5 heteroatoms. The number of carbonyl (C=O) groups is 2. The molecule has 1 aromatic rings. The van der Waals surface area contributed by atoms with E-state index in [0.29, 0.717) is 5.00 Å². The Morgan fingerprint density at radius 1 is 1.53 bits per heavy atom. The van der Waals surface area contributed by atoms with Crippen LogP contribution >= 0.6 is 11.3 Å². The number of carboxylic acids is 1. The third kappa shape index (κ3) is 2.18. The fourth-order valence-corrected chi connectivity index (χ4v) is 2.23. The van der Waals surface area contributed by atoms with Gasteiger partial charge >= 0.3 is 5.97 Å². The second kappa shape index (κ2) is 3.66. The SMILES string of the molecule is Cc1cc(C(=O)O)c(NC(=O)C2CC2)s1. The predicted octanol–water partition coefficient (Wildman–Crippen LogP) is 2.10. The van der Waals surface area contributed by atoms with Crippen LogP contribution in [0.3, 0.4) is 0 Å². The van der Waals surface area contributed by atoms with Gasteiger partial charge in [0.15, 0.2) is 0 Å². The van der Waals surface area contributed by atoms with Crippen LogP contribution in [-0.2, 0) is 4.79 Å². The van der Waals surface area contributed by atoms with Gasteiger partial charge in [-0.25, -0.2) is 4.79 Å². The summed E-state index contributed by atoms with van der Waals surface area (Å²) in [4.78, 5) is 23.2. The van der Waals surface area contributed by atoms with Gasteiger partial charge in [0.2, 0.25) is 5.91 Å². The first kappa shape index (κ1) is 10.2. The molecule has 0 saturated heterocycles. The molecule has 1 aliphatic carbocycles. The highest BCUT2D eigenvalue weighted by molar-refractivity contribution is 7.16. The molecule has 0 atom stereocenters. The van der Waals surface area contributed by atoms with Crippen molar-refractivity contribution < 1.29 is 14.7 Å². The van der Waals surface area contributed by atoms with Crippen LogP contribution in [0.1, 0.15) is 28.1 Å². The molecule has 0 radical (unpaired) electrons. The number of thiophene rings is 1. The second-order valence-electron chi connectivity index (χ2n) is 3.67. The molecule has 4 nitrogen and oxygen atoms in total. The van der Waals surface area contributed by atoms with E-state index in [0.717, 1.165) is 17.7 Å². The number of aryl methyl sites for hydroxylation is 1. The van der Waals surface area contributed by atoms with Gasteiger partial charge in [-0.2, -0.15) is 0 Å². The quantitative estimate of drug-likeness (QED) is 0.827. The fourth-order valence-electron chi connectivity index (χ4n) is 1.33. The molecule has 2 rings (SSSR count). The number of hydrogen-bond donors (Lipinski definition) is 2. The zero-order valence-electron chi connectivity index (χ0n) is 8.24. The third-order valence-corrected chi connectivity index (χ3v) is 3.24. The highest BCUT2D eigenvalue weighted by Gasteiger charge is 2.30. The topological polar surface area (TPSA) is 66.4 Å². The lowest BCUT2D eigenvalue weighted by Crippen LogP contribution is -2.14. The lowest BCUT2D eigenvalue weighted by Gasteiger charge is -2.01. The molecule has 0 bridgehead atoms. The molecule has 1 heterocycles. The Kier molecular flexibility index (Phi) is 2.48. The average Bonchev–Trinajstić information content (AvgIpc) is 2.91. The van der Waals surface area contributed by atoms with Crippen LogP contribution in [0.5, 0.6) is 0 Å². The van der Waals surface area contributed by atoms with Crippen LogP contribution in [0.2, 0.25) is 0 Å². The number of anilines is 1. The summed E-state index contributed by atoms with van der Waals surface area (Å²) in [6.07, 6.45) is 1.83. The van der Waals surface area contributed by atoms with Crippen LogP contribution < -0.4 is 5.32 Å². The second-order valence-corrected chi connectivity index (χ2v) is 4.92. The highest BCUT2D eigenvalue weighted by Crippen LogP contribution is 2.33. The van der Waals surface area contributed by atoms with Crippen molar-refractivity contribution in [2.45, 2.75) is 19.8 Å². The third-order valence-electron chi connectivity index (χ3n) is 2.27. The summed E-state index contributed by atoms with van der Waals surface area (Å²) in [5, 5.41) is 12.0. The Labute approximate surface area is 90.9 Å². The largest absolute Gasteiger partial charge is 0.478 e. The predicted molar refractivity (Wildman–Crippen MR) is 57.4 cm³/mol. The van der Waals surface area contributed by atoms with Gasteiger partial charge in [0.1, 0.15) is 5.00 Å². The molecule has 1 amide bonds. The van der Waals surface area contributed by atoms with Gasteiger partial charge in [-0.15, -0.1) is 11.3 Å². The van der Waals surface area contributed by atoms with Gasteiger partial charge in [-0.05, 0) is 25.8 Å². The number of hydrogen-bond acceptors (Lipinski definition) is 3. The van der Waals surface area contributed by atoms with E-state index in [1.54, 1.807) is 6.07 Å². The lowest BCUT2D eigenvalue weighted by molar-refractivity contribution is -0.117. The molecule has 1 fully saturated rings. The van der Waals surface area contributed by atoms with Crippen molar-refractivity contribution in [2.24, 2.45) is 5.92 Å². The zero-order valence-corrected chi connectivity index (χ0v) is 9.06. The first-order valence-electron chi connectivity index (χ1n) is 4.72. The van der Waals surface area contributed by atoms with E-state index < -0.39 is 5.97 Å². The van der Waals surface area contributed by atoms with Gasteiger partial charge in [-0.3, -0.25) is 4.79 Å². The summed E-state index contributed by atoms with van der Waals surface area (Å²) in [5.41, 5.74) is 0.187. The Bertz CT molecular complexity index is 420. The normalized spacial score (nSPS) is 15.0.